The van der Waals surface area contributed by atoms with Gasteiger partial charge in [0.2, 0.25) is 0 Å². The van der Waals surface area contributed by atoms with Gasteiger partial charge in [0.1, 0.15) is 16.8 Å². The lowest BCUT2D eigenvalue weighted by atomic mass is 10.3. The van der Waals surface area contributed by atoms with Crippen molar-refractivity contribution in [2.45, 2.75) is 0 Å². The summed E-state index contributed by atoms with van der Waals surface area (Å²) in [6, 6.07) is 7.56. The van der Waals surface area contributed by atoms with E-state index in [1.807, 2.05) is 18.2 Å². The molecule has 2 aromatic rings. The second-order valence-electron chi connectivity index (χ2n) is 4.73. The van der Waals surface area contributed by atoms with Crippen LogP contribution in [0.4, 0.5) is 11.6 Å². The maximum atomic E-state index is 6.22. The van der Waals surface area contributed by atoms with Gasteiger partial charge < -0.3 is 9.80 Å². The zero-order valence-corrected chi connectivity index (χ0v) is 13.4. The number of pyridine rings is 2. The normalized spacial score (nSPS) is 15.4. The van der Waals surface area contributed by atoms with Gasteiger partial charge in [-0.15, -0.1) is 0 Å². The Hall–Kier alpha value is -1.23. The Balaban J connectivity index is 1.73. The summed E-state index contributed by atoms with van der Waals surface area (Å²) >= 11 is 18.1. The summed E-state index contributed by atoms with van der Waals surface area (Å²) in [5.41, 5.74) is 0. The van der Waals surface area contributed by atoms with Crippen LogP contribution in [0.15, 0.2) is 30.5 Å². The number of hydrogen-bond donors (Lipinski definition) is 0. The van der Waals surface area contributed by atoms with Crippen molar-refractivity contribution in [3.8, 4) is 0 Å². The summed E-state index contributed by atoms with van der Waals surface area (Å²) in [5, 5.41) is 1.18. The van der Waals surface area contributed by atoms with Gasteiger partial charge in [-0.05, 0) is 18.2 Å². The van der Waals surface area contributed by atoms with Crippen LogP contribution < -0.4 is 9.80 Å². The lowest BCUT2D eigenvalue weighted by molar-refractivity contribution is 0.642. The van der Waals surface area contributed by atoms with Crippen molar-refractivity contribution in [2.75, 3.05) is 36.0 Å². The third-order valence-electron chi connectivity index (χ3n) is 3.42. The van der Waals surface area contributed by atoms with Gasteiger partial charge in [-0.25, -0.2) is 9.97 Å². The van der Waals surface area contributed by atoms with Crippen molar-refractivity contribution >= 4 is 46.4 Å². The molecule has 2 aromatic heterocycles. The van der Waals surface area contributed by atoms with E-state index in [9.17, 15) is 0 Å². The number of hydrogen-bond acceptors (Lipinski definition) is 4. The molecule has 110 valence electrons. The zero-order chi connectivity index (χ0) is 14.8. The van der Waals surface area contributed by atoms with E-state index in [0.717, 1.165) is 32.0 Å². The molecule has 4 nitrogen and oxygen atoms in total. The Morgan fingerprint density at radius 1 is 0.905 bits per heavy atom. The summed E-state index contributed by atoms with van der Waals surface area (Å²) < 4.78 is 0. The molecule has 1 saturated heterocycles. The van der Waals surface area contributed by atoms with Crippen molar-refractivity contribution < 1.29 is 0 Å². The van der Waals surface area contributed by atoms with Crippen LogP contribution in [-0.2, 0) is 0 Å². The second-order valence-corrected chi connectivity index (χ2v) is 5.90. The van der Waals surface area contributed by atoms with Crippen LogP contribution in [0.25, 0.3) is 0 Å². The van der Waals surface area contributed by atoms with Crippen molar-refractivity contribution in [2.24, 2.45) is 0 Å². The molecule has 1 aliphatic rings. The largest absolute Gasteiger partial charge is 0.353 e. The minimum absolute atomic E-state index is 0.281. The molecule has 0 spiro atoms. The molecule has 1 fully saturated rings. The fourth-order valence-electron chi connectivity index (χ4n) is 2.35. The molecular weight excluding hydrogens is 331 g/mol. The highest BCUT2D eigenvalue weighted by Crippen LogP contribution is 2.31. The first kappa shape index (κ1) is 14.7. The van der Waals surface area contributed by atoms with Gasteiger partial charge >= 0.3 is 0 Å². The molecule has 21 heavy (non-hydrogen) atoms. The SMILES string of the molecule is Clc1cc(Cl)c(N2CCN(c3ccccn3)CC2)nc1Cl. The van der Waals surface area contributed by atoms with E-state index in [2.05, 4.69) is 19.8 Å². The standard InChI is InChI=1S/C14H13Cl3N4/c15-10-9-11(16)14(19-13(10)17)21-7-5-20(6-8-21)12-3-1-2-4-18-12/h1-4,9H,5-8H2. The van der Waals surface area contributed by atoms with Gasteiger partial charge in [0.05, 0.1) is 10.0 Å². The topological polar surface area (TPSA) is 32.3 Å². The average molecular weight is 344 g/mol. The first-order valence-electron chi connectivity index (χ1n) is 6.57. The van der Waals surface area contributed by atoms with Gasteiger partial charge in [-0.2, -0.15) is 0 Å². The lowest BCUT2D eigenvalue weighted by Gasteiger charge is -2.36. The van der Waals surface area contributed by atoms with Crippen LogP contribution in [0, 0.1) is 0 Å². The van der Waals surface area contributed by atoms with E-state index < -0.39 is 0 Å². The molecule has 3 rings (SSSR count). The smallest absolute Gasteiger partial charge is 0.150 e. The zero-order valence-electron chi connectivity index (χ0n) is 11.1. The van der Waals surface area contributed by atoms with Gasteiger partial charge in [0, 0.05) is 32.4 Å². The third-order valence-corrected chi connectivity index (χ3v) is 4.37. The summed E-state index contributed by atoms with van der Waals surface area (Å²) in [5.74, 6) is 1.68. The third kappa shape index (κ3) is 3.18. The lowest BCUT2D eigenvalue weighted by Crippen LogP contribution is -2.47. The Labute approximate surface area is 138 Å². The number of piperazine rings is 1. The number of nitrogens with zero attached hydrogens (tertiary/aromatic N) is 4. The molecule has 0 amide bonds. The first-order valence-corrected chi connectivity index (χ1v) is 7.71. The minimum Gasteiger partial charge on any atom is -0.353 e. The fraction of sp³-hybridized carbons (Fsp3) is 0.286. The Kier molecular flexibility index (Phi) is 4.38. The first-order chi connectivity index (χ1) is 10.1. The predicted molar refractivity (Wildman–Crippen MR) is 87.9 cm³/mol. The Morgan fingerprint density at radius 3 is 2.29 bits per heavy atom. The van der Waals surface area contributed by atoms with Crippen LogP contribution in [0.1, 0.15) is 0 Å². The van der Waals surface area contributed by atoms with Gasteiger partial charge in [-0.3, -0.25) is 0 Å². The van der Waals surface area contributed by atoms with E-state index in [-0.39, 0.29) is 5.15 Å². The van der Waals surface area contributed by atoms with Crippen LogP contribution in [0.5, 0.6) is 0 Å². The van der Waals surface area contributed by atoms with Crippen molar-refractivity contribution in [3.05, 3.63) is 45.7 Å². The highest BCUT2D eigenvalue weighted by atomic mass is 35.5. The fourth-order valence-corrected chi connectivity index (χ4v) is 2.96. The van der Waals surface area contributed by atoms with Gasteiger partial charge in [-0.1, -0.05) is 40.9 Å². The molecule has 0 saturated carbocycles. The molecule has 0 unspecified atom stereocenters. The minimum atomic E-state index is 0.281. The van der Waals surface area contributed by atoms with E-state index in [4.69, 9.17) is 34.8 Å². The Morgan fingerprint density at radius 2 is 1.62 bits per heavy atom. The van der Waals surface area contributed by atoms with Gasteiger partial charge in [0.15, 0.2) is 0 Å². The maximum absolute atomic E-state index is 6.22. The summed E-state index contributed by atoms with van der Waals surface area (Å²) in [7, 11) is 0. The van der Waals surface area contributed by atoms with Crippen molar-refractivity contribution in [3.63, 3.8) is 0 Å². The van der Waals surface area contributed by atoms with E-state index in [1.165, 1.54) is 0 Å². The van der Waals surface area contributed by atoms with E-state index in [0.29, 0.717) is 15.9 Å². The molecule has 1 aliphatic heterocycles. The molecule has 0 N–H and O–H groups in total. The molecule has 0 radical (unpaired) electrons. The molecule has 0 aliphatic carbocycles. The van der Waals surface area contributed by atoms with Crippen LogP contribution in [0.2, 0.25) is 15.2 Å². The predicted octanol–water partition coefficient (Wildman–Crippen LogP) is 3.76. The van der Waals surface area contributed by atoms with Crippen LogP contribution in [0.3, 0.4) is 0 Å². The number of anilines is 2. The highest BCUT2D eigenvalue weighted by Gasteiger charge is 2.21. The average Bonchev–Trinajstić information content (AvgIpc) is 2.52. The summed E-state index contributed by atoms with van der Waals surface area (Å²) in [4.78, 5) is 13.0. The molecule has 7 heteroatoms. The second kappa shape index (κ2) is 6.26. The quantitative estimate of drug-likeness (QED) is 0.777. The Bertz CT molecular complexity index is 628. The van der Waals surface area contributed by atoms with E-state index >= 15 is 0 Å². The summed E-state index contributed by atoms with van der Waals surface area (Å²) in [6.45, 7) is 3.33. The van der Waals surface area contributed by atoms with Gasteiger partial charge in [0.25, 0.3) is 0 Å². The molecule has 3 heterocycles. The highest BCUT2D eigenvalue weighted by molar-refractivity contribution is 6.42. The molecule has 0 aromatic carbocycles. The van der Waals surface area contributed by atoms with Crippen molar-refractivity contribution in [1.29, 1.82) is 0 Å². The summed E-state index contributed by atoms with van der Waals surface area (Å²) in [6.07, 6.45) is 1.80. The molecule has 0 atom stereocenters. The van der Waals surface area contributed by atoms with E-state index in [1.54, 1.807) is 12.3 Å². The monoisotopic (exact) mass is 342 g/mol. The maximum Gasteiger partial charge on any atom is 0.150 e. The van der Waals surface area contributed by atoms with Crippen LogP contribution in [-0.4, -0.2) is 36.1 Å². The van der Waals surface area contributed by atoms with Crippen molar-refractivity contribution in [1.82, 2.24) is 9.97 Å². The molecule has 0 bridgehead atoms. The number of aromatic nitrogens is 2. The number of rotatable bonds is 2. The number of halogens is 3. The van der Waals surface area contributed by atoms with Crippen LogP contribution >= 0.6 is 34.8 Å². The molecular formula is C14H13Cl3N4.